The quantitative estimate of drug-likeness (QED) is 0.542. The number of benzene rings is 2. The van der Waals surface area contributed by atoms with Crippen LogP contribution < -0.4 is 9.80 Å². The van der Waals surface area contributed by atoms with Gasteiger partial charge in [-0.1, -0.05) is 48.6 Å². The molecule has 0 spiro atoms. The molecule has 0 radical (unpaired) electrons. The summed E-state index contributed by atoms with van der Waals surface area (Å²) in [5, 5.41) is 0. The first kappa shape index (κ1) is 19.8. The highest BCUT2D eigenvalue weighted by Crippen LogP contribution is 2.49. The van der Waals surface area contributed by atoms with Crippen molar-refractivity contribution >= 4 is 22.5 Å². The van der Waals surface area contributed by atoms with Gasteiger partial charge in [-0.2, -0.15) is 0 Å². The van der Waals surface area contributed by atoms with Gasteiger partial charge >= 0.3 is 0 Å². The minimum absolute atomic E-state index is 0.108. The predicted octanol–water partition coefficient (Wildman–Crippen LogP) is 7.13. The molecule has 0 aliphatic carbocycles. The molecule has 0 N–H and O–H groups in total. The fourth-order valence-electron chi connectivity index (χ4n) is 6.07. The number of hydrogen-bond acceptors (Lipinski definition) is 2. The lowest BCUT2D eigenvalue weighted by Gasteiger charge is -2.61. The molecule has 0 atom stereocenters. The Labute approximate surface area is 176 Å². The van der Waals surface area contributed by atoms with Gasteiger partial charge in [-0.3, -0.25) is 0 Å². The summed E-state index contributed by atoms with van der Waals surface area (Å²) in [6.45, 7) is 18.5. The molecule has 2 aromatic carbocycles. The molecule has 2 aliphatic rings. The summed E-state index contributed by atoms with van der Waals surface area (Å²) in [7, 11) is 0. The average Bonchev–Trinajstić information content (AvgIpc) is 2.59. The van der Waals surface area contributed by atoms with Gasteiger partial charge in [-0.15, -0.1) is 0 Å². The van der Waals surface area contributed by atoms with Crippen LogP contribution in [-0.4, -0.2) is 16.7 Å². The number of allylic oxidation sites excluding steroid dienone is 2. The van der Waals surface area contributed by atoms with Crippen LogP contribution in [0, 0.1) is 0 Å². The predicted molar refractivity (Wildman–Crippen MR) is 127 cm³/mol. The second-order valence-electron chi connectivity index (χ2n) is 10.2. The van der Waals surface area contributed by atoms with E-state index in [2.05, 4.69) is 126 Å². The van der Waals surface area contributed by atoms with E-state index in [1.807, 2.05) is 0 Å². The van der Waals surface area contributed by atoms with Gasteiger partial charge in [0.15, 0.2) is 0 Å². The minimum Gasteiger partial charge on any atom is -0.340 e. The third-order valence-corrected chi connectivity index (χ3v) is 6.53. The maximum atomic E-state index is 2.61. The lowest BCUT2D eigenvalue weighted by atomic mass is 9.82. The average molecular weight is 387 g/mol. The van der Waals surface area contributed by atoms with Gasteiger partial charge in [0.25, 0.3) is 0 Å². The molecule has 2 nitrogen and oxygen atoms in total. The van der Waals surface area contributed by atoms with Crippen LogP contribution in [0.1, 0.15) is 66.5 Å². The normalized spacial score (nSPS) is 19.9. The molecule has 29 heavy (non-hydrogen) atoms. The van der Waals surface area contributed by atoms with Gasteiger partial charge in [0.1, 0.15) is 5.66 Å². The molecule has 0 amide bonds. The SMILES string of the molecule is CC1=CC(C)(C)N(C(C)(C)N2c3ccccc3C(C)=CC2(C)C)c2ccccc21. The van der Waals surface area contributed by atoms with E-state index >= 15 is 0 Å². The second kappa shape index (κ2) is 6.26. The third kappa shape index (κ3) is 2.92. The van der Waals surface area contributed by atoms with Crippen LogP contribution in [0.2, 0.25) is 0 Å². The monoisotopic (exact) mass is 386 g/mol. The number of para-hydroxylation sites is 2. The minimum atomic E-state index is -0.256. The molecule has 2 aromatic rings. The Balaban J connectivity index is 1.95. The number of nitrogens with zero attached hydrogens (tertiary/aromatic N) is 2. The standard InChI is InChI=1S/C27H34N2/c1-19-17-25(3,4)28(23-15-11-9-13-21(19)23)27(7,8)29-24-16-12-10-14-22(24)20(2)18-26(29,5)6/h9-18H,1-8H3. The molecule has 0 bridgehead atoms. The van der Waals surface area contributed by atoms with Crippen molar-refractivity contribution in [2.75, 3.05) is 9.80 Å². The third-order valence-electron chi connectivity index (χ3n) is 6.53. The van der Waals surface area contributed by atoms with Crippen molar-refractivity contribution in [1.82, 2.24) is 0 Å². The van der Waals surface area contributed by atoms with Gasteiger partial charge in [0.2, 0.25) is 0 Å². The van der Waals surface area contributed by atoms with Crippen molar-refractivity contribution in [3.8, 4) is 0 Å². The maximum absolute atomic E-state index is 2.61. The fourth-order valence-corrected chi connectivity index (χ4v) is 6.07. The van der Waals surface area contributed by atoms with Crippen LogP contribution in [0.4, 0.5) is 11.4 Å². The number of anilines is 2. The zero-order chi connectivity index (χ0) is 21.2. The van der Waals surface area contributed by atoms with Crippen molar-refractivity contribution in [3.63, 3.8) is 0 Å². The Morgan fingerprint density at radius 2 is 0.966 bits per heavy atom. The van der Waals surface area contributed by atoms with Gasteiger partial charge in [0.05, 0.1) is 11.1 Å². The van der Waals surface area contributed by atoms with Gasteiger partial charge in [0, 0.05) is 22.5 Å². The smallest absolute Gasteiger partial charge is 0.108 e. The molecule has 2 aliphatic heterocycles. The fraction of sp³-hybridized carbons (Fsp3) is 0.407. The number of rotatable bonds is 2. The van der Waals surface area contributed by atoms with E-state index in [0.29, 0.717) is 0 Å². The Morgan fingerprint density at radius 1 is 0.621 bits per heavy atom. The van der Waals surface area contributed by atoms with Crippen LogP contribution in [0.25, 0.3) is 11.1 Å². The van der Waals surface area contributed by atoms with Crippen molar-refractivity contribution in [3.05, 3.63) is 71.8 Å². The Morgan fingerprint density at radius 3 is 1.34 bits per heavy atom. The summed E-state index contributed by atoms with van der Waals surface area (Å²) in [6.07, 6.45) is 4.84. The molecule has 0 saturated heterocycles. The molecule has 0 aromatic heterocycles. The highest BCUT2D eigenvalue weighted by Gasteiger charge is 2.48. The zero-order valence-corrected chi connectivity index (χ0v) is 19.2. The molecule has 0 unspecified atom stereocenters. The van der Waals surface area contributed by atoms with Crippen molar-refractivity contribution < 1.29 is 0 Å². The molecular weight excluding hydrogens is 352 g/mol. The summed E-state index contributed by atoms with van der Waals surface area (Å²) >= 11 is 0. The van der Waals surface area contributed by atoms with Crippen molar-refractivity contribution in [1.29, 1.82) is 0 Å². The van der Waals surface area contributed by atoms with Crippen LogP contribution in [-0.2, 0) is 0 Å². The summed E-state index contributed by atoms with van der Waals surface area (Å²) in [5.74, 6) is 0. The van der Waals surface area contributed by atoms with Crippen molar-refractivity contribution in [2.45, 2.75) is 72.1 Å². The van der Waals surface area contributed by atoms with E-state index in [1.54, 1.807) is 0 Å². The lowest BCUT2D eigenvalue weighted by molar-refractivity contribution is 0.318. The van der Waals surface area contributed by atoms with E-state index in [4.69, 9.17) is 0 Å². The molecule has 4 rings (SSSR count). The molecule has 0 saturated carbocycles. The lowest BCUT2D eigenvalue weighted by Crippen LogP contribution is -2.69. The Bertz CT molecular complexity index is 939. The first-order valence-electron chi connectivity index (χ1n) is 10.7. The number of hydrogen-bond donors (Lipinski definition) is 0. The summed E-state index contributed by atoms with van der Waals surface area (Å²) < 4.78 is 0. The maximum Gasteiger partial charge on any atom is 0.108 e. The van der Waals surface area contributed by atoms with Gasteiger partial charge in [-0.05, 0) is 78.7 Å². The second-order valence-corrected chi connectivity index (χ2v) is 10.2. The Hall–Kier alpha value is -2.48. The first-order chi connectivity index (χ1) is 13.5. The summed E-state index contributed by atoms with van der Waals surface area (Å²) in [5.41, 5.74) is 7.51. The topological polar surface area (TPSA) is 6.48 Å². The Kier molecular flexibility index (Phi) is 4.28. The number of fused-ring (bicyclic) bond motifs is 2. The highest BCUT2D eigenvalue weighted by atomic mass is 15.4. The molecule has 2 heteroatoms. The van der Waals surface area contributed by atoms with Crippen LogP contribution in [0.3, 0.4) is 0 Å². The van der Waals surface area contributed by atoms with E-state index in [1.165, 1.54) is 33.6 Å². The summed E-state index contributed by atoms with van der Waals surface area (Å²) in [6, 6.07) is 17.7. The van der Waals surface area contributed by atoms with Crippen molar-refractivity contribution in [2.24, 2.45) is 0 Å². The molecule has 0 fully saturated rings. The van der Waals surface area contributed by atoms with Crippen LogP contribution in [0.5, 0.6) is 0 Å². The van der Waals surface area contributed by atoms with Crippen LogP contribution >= 0.6 is 0 Å². The van der Waals surface area contributed by atoms with E-state index < -0.39 is 0 Å². The van der Waals surface area contributed by atoms with Crippen LogP contribution in [0.15, 0.2) is 60.7 Å². The molecule has 2 heterocycles. The zero-order valence-electron chi connectivity index (χ0n) is 19.2. The van der Waals surface area contributed by atoms with Gasteiger partial charge in [-0.25, -0.2) is 0 Å². The first-order valence-corrected chi connectivity index (χ1v) is 10.7. The largest absolute Gasteiger partial charge is 0.340 e. The highest BCUT2D eigenvalue weighted by molar-refractivity contribution is 5.85. The van der Waals surface area contributed by atoms with Gasteiger partial charge < -0.3 is 9.80 Å². The van der Waals surface area contributed by atoms with E-state index in [0.717, 1.165) is 0 Å². The van der Waals surface area contributed by atoms with E-state index in [9.17, 15) is 0 Å². The molecule has 152 valence electrons. The molecular formula is C27H34N2. The summed E-state index contributed by atoms with van der Waals surface area (Å²) in [4.78, 5) is 5.21. The van der Waals surface area contributed by atoms with E-state index in [-0.39, 0.29) is 16.7 Å².